The molecular formula is C19H32IN5O. The first-order valence-electron chi connectivity index (χ1n) is 9.09. The van der Waals surface area contributed by atoms with Crippen molar-refractivity contribution in [1.29, 1.82) is 0 Å². The van der Waals surface area contributed by atoms with E-state index in [2.05, 4.69) is 50.9 Å². The molecule has 7 heteroatoms. The van der Waals surface area contributed by atoms with Crippen LogP contribution in [0.4, 0.5) is 0 Å². The molecule has 6 nitrogen and oxygen atoms in total. The Labute approximate surface area is 174 Å². The van der Waals surface area contributed by atoms with Crippen molar-refractivity contribution in [2.24, 2.45) is 4.99 Å². The minimum atomic E-state index is 0. The summed E-state index contributed by atoms with van der Waals surface area (Å²) in [7, 11) is 3.50. The van der Waals surface area contributed by atoms with Crippen LogP contribution in [0.2, 0.25) is 0 Å². The van der Waals surface area contributed by atoms with Crippen molar-refractivity contribution < 1.29 is 4.79 Å². The molecule has 0 saturated carbocycles. The minimum Gasteiger partial charge on any atom is -0.357 e. The van der Waals surface area contributed by atoms with Gasteiger partial charge in [0.05, 0.1) is 0 Å². The number of nitrogens with zero attached hydrogens (tertiary/aromatic N) is 3. The number of rotatable bonds is 6. The molecule has 0 spiro atoms. The van der Waals surface area contributed by atoms with E-state index in [0.717, 1.165) is 38.6 Å². The predicted molar refractivity (Wildman–Crippen MR) is 118 cm³/mol. The maximum absolute atomic E-state index is 11.8. The van der Waals surface area contributed by atoms with Crippen molar-refractivity contribution in [3.8, 4) is 0 Å². The maximum Gasteiger partial charge on any atom is 0.243 e. The number of hydrogen-bond donors (Lipinski definition) is 2. The van der Waals surface area contributed by atoms with Crippen LogP contribution in [0.5, 0.6) is 0 Å². The second kappa shape index (κ2) is 12.1. The molecule has 0 aromatic heterocycles. The Balaban J connectivity index is 0.00000338. The number of benzene rings is 1. The van der Waals surface area contributed by atoms with Crippen LogP contribution in [0.1, 0.15) is 25.3 Å². The summed E-state index contributed by atoms with van der Waals surface area (Å²) in [4.78, 5) is 20.2. The summed E-state index contributed by atoms with van der Waals surface area (Å²) in [5, 5.41) is 6.73. The zero-order valence-electron chi connectivity index (χ0n) is 16.1. The first-order valence-corrected chi connectivity index (χ1v) is 9.09. The molecule has 2 rings (SSSR count). The molecule has 0 radical (unpaired) electrons. The number of nitrogens with one attached hydrogen (secondary N) is 2. The second-order valence-electron chi connectivity index (χ2n) is 6.69. The Bertz CT molecular complexity index is 564. The van der Waals surface area contributed by atoms with Gasteiger partial charge in [0, 0.05) is 39.8 Å². The molecule has 0 aliphatic carbocycles. The van der Waals surface area contributed by atoms with E-state index < -0.39 is 0 Å². The Morgan fingerprint density at radius 1 is 1.31 bits per heavy atom. The van der Waals surface area contributed by atoms with E-state index in [-0.39, 0.29) is 36.4 Å². The molecule has 1 amide bonds. The van der Waals surface area contributed by atoms with E-state index in [0.29, 0.717) is 6.04 Å². The smallest absolute Gasteiger partial charge is 0.243 e. The van der Waals surface area contributed by atoms with Gasteiger partial charge in [0.25, 0.3) is 0 Å². The molecule has 1 fully saturated rings. The predicted octanol–water partition coefficient (Wildman–Crippen LogP) is 1.91. The van der Waals surface area contributed by atoms with E-state index in [1.165, 1.54) is 12.0 Å². The third-order valence-corrected chi connectivity index (χ3v) is 4.31. The summed E-state index contributed by atoms with van der Waals surface area (Å²) in [6, 6.07) is 10.9. The van der Waals surface area contributed by atoms with Crippen molar-refractivity contribution in [2.75, 3.05) is 40.3 Å². The summed E-state index contributed by atoms with van der Waals surface area (Å²) < 4.78 is 0. The monoisotopic (exact) mass is 473 g/mol. The highest BCUT2D eigenvalue weighted by molar-refractivity contribution is 14.0. The zero-order valence-corrected chi connectivity index (χ0v) is 18.4. The number of likely N-dealkylation sites (N-methyl/N-ethyl adjacent to an activating group) is 1. The molecule has 1 unspecified atom stereocenters. The summed E-state index contributed by atoms with van der Waals surface area (Å²) in [5.41, 5.74) is 1.35. The van der Waals surface area contributed by atoms with Gasteiger partial charge in [-0.25, -0.2) is 4.99 Å². The molecule has 1 atom stereocenters. The number of likely N-dealkylation sites (tertiary alicyclic amines) is 1. The first kappa shape index (κ1) is 22.7. The van der Waals surface area contributed by atoms with Crippen LogP contribution in [0.3, 0.4) is 0 Å². The molecule has 2 N–H and O–H groups in total. The van der Waals surface area contributed by atoms with Gasteiger partial charge in [-0.05, 0) is 31.9 Å². The summed E-state index contributed by atoms with van der Waals surface area (Å²) >= 11 is 0. The van der Waals surface area contributed by atoms with Gasteiger partial charge in [-0.2, -0.15) is 0 Å². The van der Waals surface area contributed by atoms with Crippen LogP contribution in [0.15, 0.2) is 35.3 Å². The molecule has 26 heavy (non-hydrogen) atoms. The highest BCUT2D eigenvalue weighted by atomic mass is 127. The lowest BCUT2D eigenvalue weighted by Crippen LogP contribution is -2.51. The van der Waals surface area contributed by atoms with Crippen molar-refractivity contribution in [3.05, 3.63) is 35.9 Å². The summed E-state index contributed by atoms with van der Waals surface area (Å²) in [6.45, 7) is 6.07. The van der Waals surface area contributed by atoms with Gasteiger partial charge >= 0.3 is 0 Å². The Kier molecular flexibility index (Phi) is 10.6. The Morgan fingerprint density at radius 3 is 2.69 bits per heavy atom. The third-order valence-electron chi connectivity index (χ3n) is 4.31. The average Bonchev–Trinajstić information content (AvgIpc) is 2.60. The molecule has 1 heterocycles. The van der Waals surface area contributed by atoms with E-state index in [9.17, 15) is 4.79 Å². The van der Waals surface area contributed by atoms with Crippen molar-refractivity contribution >= 4 is 35.8 Å². The highest BCUT2D eigenvalue weighted by Crippen LogP contribution is 2.13. The van der Waals surface area contributed by atoms with Crippen LogP contribution < -0.4 is 10.6 Å². The molecule has 1 aromatic rings. The normalized spacial score (nSPS) is 18.0. The number of guanidine groups is 1. The first-order chi connectivity index (χ1) is 12.1. The fourth-order valence-corrected chi connectivity index (χ4v) is 2.96. The van der Waals surface area contributed by atoms with E-state index in [1.807, 2.05) is 6.92 Å². The molecular weight excluding hydrogens is 441 g/mol. The maximum atomic E-state index is 11.8. The van der Waals surface area contributed by atoms with Crippen molar-refractivity contribution in [1.82, 2.24) is 20.4 Å². The van der Waals surface area contributed by atoms with Gasteiger partial charge in [-0.1, -0.05) is 30.3 Å². The SMILES string of the molecule is CCNC(=NCC(=O)N(C)C)NC1CCCN(Cc2ccccc2)C1.I. The molecule has 0 bridgehead atoms. The van der Waals surface area contributed by atoms with Gasteiger partial charge < -0.3 is 15.5 Å². The lowest BCUT2D eigenvalue weighted by Gasteiger charge is -2.34. The summed E-state index contributed by atoms with van der Waals surface area (Å²) in [5.74, 6) is 0.732. The lowest BCUT2D eigenvalue weighted by atomic mass is 10.0. The number of halogens is 1. The van der Waals surface area contributed by atoms with Gasteiger partial charge in [0.1, 0.15) is 6.54 Å². The van der Waals surface area contributed by atoms with E-state index in [4.69, 9.17) is 0 Å². The van der Waals surface area contributed by atoms with Crippen LogP contribution in [-0.2, 0) is 11.3 Å². The Morgan fingerprint density at radius 2 is 2.04 bits per heavy atom. The number of amides is 1. The standard InChI is InChI=1S/C19H31N5O.HI/c1-4-20-19(21-13-18(25)23(2)3)22-17-11-8-12-24(15-17)14-16-9-6-5-7-10-16;/h5-7,9-10,17H,4,8,11-15H2,1-3H3,(H2,20,21,22);1H. The van der Waals surface area contributed by atoms with Gasteiger partial charge in [0.2, 0.25) is 5.91 Å². The van der Waals surface area contributed by atoms with Crippen LogP contribution in [-0.4, -0.2) is 68.0 Å². The molecule has 1 aliphatic heterocycles. The van der Waals surface area contributed by atoms with Gasteiger partial charge in [-0.3, -0.25) is 9.69 Å². The minimum absolute atomic E-state index is 0. The Hall–Kier alpha value is -1.35. The largest absolute Gasteiger partial charge is 0.357 e. The highest BCUT2D eigenvalue weighted by Gasteiger charge is 2.20. The zero-order chi connectivity index (χ0) is 18.1. The number of aliphatic imine (C=N–C) groups is 1. The molecule has 1 saturated heterocycles. The fraction of sp³-hybridized carbons (Fsp3) is 0.579. The van der Waals surface area contributed by atoms with Gasteiger partial charge in [-0.15, -0.1) is 24.0 Å². The lowest BCUT2D eigenvalue weighted by molar-refractivity contribution is -0.127. The topological polar surface area (TPSA) is 60.0 Å². The van der Waals surface area contributed by atoms with E-state index in [1.54, 1.807) is 19.0 Å². The number of hydrogen-bond acceptors (Lipinski definition) is 3. The summed E-state index contributed by atoms with van der Waals surface area (Å²) in [6.07, 6.45) is 2.29. The van der Waals surface area contributed by atoms with Gasteiger partial charge in [0.15, 0.2) is 5.96 Å². The quantitative estimate of drug-likeness (QED) is 0.377. The number of piperidine rings is 1. The average molecular weight is 473 g/mol. The molecule has 1 aliphatic rings. The van der Waals surface area contributed by atoms with Crippen LogP contribution in [0, 0.1) is 0 Å². The van der Waals surface area contributed by atoms with Crippen molar-refractivity contribution in [3.63, 3.8) is 0 Å². The number of carbonyl (C=O) groups is 1. The fourth-order valence-electron chi connectivity index (χ4n) is 2.96. The second-order valence-corrected chi connectivity index (χ2v) is 6.69. The van der Waals surface area contributed by atoms with Crippen molar-refractivity contribution in [2.45, 2.75) is 32.4 Å². The third kappa shape index (κ3) is 7.90. The van der Waals surface area contributed by atoms with Crippen LogP contribution in [0.25, 0.3) is 0 Å². The van der Waals surface area contributed by atoms with Crippen LogP contribution >= 0.6 is 24.0 Å². The van der Waals surface area contributed by atoms with E-state index >= 15 is 0 Å². The number of carbonyl (C=O) groups excluding carboxylic acids is 1. The molecule has 1 aromatic carbocycles. The molecule has 146 valence electrons.